The predicted octanol–water partition coefficient (Wildman–Crippen LogP) is -0.226. The van der Waals surface area contributed by atoms with Crippen molar-refractivity contribution < 1.29 is 9.84 Å². The number of rotatable bonds is 3. The zero-order valence-electron chi connectivity index (χ0n) is 8.31. The third-order valence-electron chi connectivity index (χ3n) is 2.54. The zero-order valence-corrected chi connectivity index (χ0v) is 8.31. The molecule has 0 bridgehead atoms. The SMILES string of the molecule is COCCc1nnc2n1CCC(O)C2. The van der Waals surface area contributed by atoms with Crippen LogP contribution in [0.1, 0.15) is 18.1 Å². The molecule has 14 heavy (non-hydrogen) atoms. The Hall–Kier alpha value is -0.940. The second-order valence-electron chi connectivity index (χ2n) is 3.57. The maximum atomic E-state index is 9.44. The standard InChI is InChI=1S/C9H15N3O2/c1-14-5-3-8-10-11-9-6-7(13)2-4-12(8)9/h7,13H,2-6H2,1H3. The lowest BCUT2D eigenvalue weighted by molar-refractivity contribution is 0.140. The quantitative estimate of drug-likeness (QED) is 0.727. The third-order valence-corrected chi connectivity index (χ3v) is 2.54. The largest absolute Gasteiger partial charge is 0.393 e. The number of methoxy groups -OCH3 is 1. The minimum absolute atomic E-state index is 0.248. The van der Waals surface area contributed by atoms with Gasteiger partial charge in [0.15, 0.2) is 0 Å². The van der Waals surface area contributed by atoms with E-state index in [4.69, 9.17) is 4.74 Å². The Balaban J connectivity index is 2.12. The predicted molar refractivity (Wildman–Crippen MR) is 49.9 cm³/mol. The summed E-state index contributed by atoms with van der Waals surface area (Å²) < 4.78 is 7.09. The van der Waals surface area contributed by atoms with E-state index in [9.17, 15) is 5.11 Å². The van der Waals surface area contributed by atoms with Crippen molar-refractivity contribution in [2.75, 3.05) is 13.7 Å². The summed E-state index contributed by atoms with van der Waals surface area (Å²) in [5.41, 5.74) is 0. The van der Waals surface area contributed by atoms with E-state index >= 15 is 0 Å². The summed E-state index contributed by atoms with van der Waals surface area (Å²) in [6.07, 6.45) is 1.96. The molecule has 0 saturated carbocycles. The summed E-state index contributed by atoms with van der Waals surface area (Å²) in [5.74, 6) is 1.86. The summed E-state index contributed by atoms with van der Waals surface area (Å²) >= 11 is 0. The summed E-state index contributed by atoms with van der Waals surface area (Å²) in [7, 11) is 1.68. The number of hydrogen-bond acceptors (Lipinski definition) is 4. The molecule has 1 aromatic heterocycles. The zero-order chi connectivity index (χ0) is 9.97. The molecule has 1 aliphatic heterocycles. The third kappa shape index (κ3) is 1.78. The monoisotopic (exact) mass is 197 g/mol. The fraction of sp³-hybridized carbons (Fsp3) is 0.778. The van der Waals surface area contributed by atoms with Crippen LogP contribution in [0.5, 0.6) is 0 Å². The van der Waals surface area contributed by atoms with Crippen LogP contribution in [0.3, 0.4) is 0 Å². The molecule has 1 unspecified atom stereocenters. The average molecular weight is 197 g/mol. The van der Waals surface area contributed by atoms with Gasteiger partial charge in [-0.25, -0.2) is 0 Å². The second kappa shape index (κ2) is 4.06. The van der Waals surface area contributed by atoms with Crippen LogP contribution in [0.4, 0.5) is 0 Å². The van der Waals surface area contributed by atoms with Gasteiger partial charge in [-0.1, -0.05) is 0 Å². The molecule has 0 radical (unpaired) electrons. The van der Waals surface area contributed by atoms with Crippen molar-refractivity contribution in [2.45, 2.75) is 31.9 Å². The number of ether oxygens (including phenoxy) is 1. The van der Waals surface area contributed by atoms with Crippen molar-refractivity contribution in [3.63, 3.8) is 0 Å². The van der Waals surface area contributed by atoms with E-state index < -0.39 is 0 Å². The second-order valence-corrected chi connectivity index (χ2v) is 3.57. The maximum absolute atomic E-state index is 9.44. The highest BCUT2D eigenvalue weighted by atomic mass is 16.5. The van der Waals surface area contributed by atoms with Crippen molar-refractivity contribution in [1.82, 2.24) is 14.8 Å². The van der Waals surface area contributed by atoms with Gasteiger partial charge in [0.2, 0.25) is 0 Å². The normalized spacial score (nSPS) is 20.9. The number of fused-ring (bicyclic) bond motifs is 1. The van der Waals surface area contributed by atoms with Crippen LogP contribution in [-0.2, 0) is 24.1 Å². The number of hydrogen-bond donors (Lipinski definition) is 1. The minimum atomic E-state index is -0.248. The lowest BCUT2D eigenvalue weighted by atomic mass is 10.1. The summed E-state index contributed by atoms with van der Waals surface area (Å²) in [6, 6.07) is 0. The highest BCUT2D eigenvalue weighted by Gasteiger charge is 2.20. The Kier molecular flexibility index (Phi) is 2.79. The van der Waals surface area contributed by atoms with Crippen molar-refractivity contribution >= 4 is 0 Å². The summed E-state index contributed by atoms with van der Waals surface area (Å²) in [6.45, 7) is 1.49. The molecule has 1 atom stereocenters. The molecule has 0 amide bonds. The van der Waals surface area contributed by atoms with Crippen LogP contribution in [-0.4, -0.2) is 39.7 Å². The van der Waals surface area contributed by atoms with Gasteiger partial charge in [0, 0.05) is 26.5 Å². The molecule has 0 aromatic carbocycles. The number of nitrogens with zero attached hydrogens (tertiary/aromatic N) is 3. The molecule has 1 N–H and O–H groups in total. The van der Waals surface area contributed by atoms with E-state index in [1.807, 2.05) is 0 Å². The van der Waals surface area contributed by atoms with E-state index in [2.05, 4.69) is 14.8 Å². The van der Waals surface area contributed by atoms with Crippen molar-refractivity contribution in [3.8, 4) is 0 Å². The van der Waals surface area contributed by atoms with Crippen LogP contribution in [0.25, 0.3) is 0 Å². The van der Waals surface area contributed by atoms with Gasteiger partial charge in [-0.2, -0.15) is 0 Å². The summed E-state index contributed by atoms with van der Waals surface area (Å²) in [5, 5.41) is 17.6. The van der Waals surface area contributed by atoms with Gasteiger partial charge >= 0.3 is 0 Å². The van der Waals surface area contributed by atoms with E-state index in [-0.39, 0.29) is 6.10 Å². The number of aromatic nitrogens is 3. The molecular formula is C9H15N3O2. The molecular weight excluding hydrogens is 182 g/mol. The van der Waals surface area contributed by atoms with Gasteiger partial charge < -0.3 is 14.4 Å². The molecule has 1 aromatic rings. The summed E-state index contributed by atoms with van der Waals surface area (Å²) in [4.78, 5) is 0. The first-order chi connectivity index (χ1) is 6.81. The molecule has 5 heteroatoms. The molecule has 0 saturated heterocycles. The molecule has 1 aliphatic rings. The van der Waals surface area contributed by atoms with E-state index in [0.29, 0.717) is 13.0 Å². The van der Waals surface area contributed by atoms with Gasteiger partial charge in [0.25, 0.3) is 0 Å². The van der Waals surface area contributed by atoms with Gasteiger partial charge in [0.1, 0.15) is 11.6 Å². The fourth-order valence-corrected chi connectivity index (χ4v) is 1.75. The van der Waals surface area contributed by atoms with E-state index in [0.717, 1.165) is 31.0 Å². The van der Waals surface area contributed by atoms with Crippen molar-refractivity contribution in [2.24, 2.45) is 0 Å². The molecule has 78 valence electrons. The Labute approximate surface area is 82.7 Å². The first-order valence-corrected chi connectivity index (χ1v) is 4.89. The lowest BCUT2D eigenvalue weighted by Crippen LogP contribution is -2.24. The van der Waals surface area contributed by atoms with Gasteiger partial charge in [-0.05, 0) is 6.42 Å². The average Bonchev–Trinajstić information content (AvgIpc) is 2.57. The Morgan fingerprint density at radius 2 is 2.43 bits per heavy atom. The van der Waals surface area contributed by atoms with Crippen molar-refractivity contribution in [3.05, 3.63) is 11.6 Å². The topological polar surface area (TPSA) is 60.2 Å². The first kappa shape index (κ1) is 9.61. The number of aliphatic hydroxyl groups is 1. The smallest absolute Gasteiger partial charge is 0.135 e. The van der Waals surface area contributed by atoms with Gasteiger partial charge in [-0.3, -0.25) is 0 Å². The lowest BCUT2D eigenvalue weighted by Gasteiger charge is -2.19. The van der Waals surface area contributed by atoms with E-state index in [1.165, 1.54) is 0 Å². The molecule has 0 fully saturated rings. The molecule has 2 rings (SSSR count). The molecule has 0 spiro atoms. The van der Waals surface area contributed by atoms with E-state index in [1.54, 1.807) is 7.11 Å². The van der Waals surface area contributed by atoms with Crippen LogP contribution in [0.15, 0.2) is 0 Å². The molecule has 0 aliphatic carbocycles. The minimum Gasteiger partial charge on any atom is -0.393 e. The van der Waals surface area contributed by atoms with Crippen LogP contribution < -0.4 is 0 Å². The highest BCUT2D eigenvalue weighted by Crippen LogP contribution is 2.15. The van der Waals surface area contributed by atoms with Crippen molar-refractivity contribution in [1.29, 1.82) is 0 Å². The highest BCUT2D eigenvalue weighted by molar-refractivity contribution is 5.00. The van der Waals surface area contributed by atoms with Crippen LogP contribution >= 0.6 is 0 Å². The maximum Gasteiger partial charge on any atom is 0.135 e. The van der Waals surface area contributed by atoms with Crippen LogP contribution in [0.2, 0.25) is 0 Å². The van der Waals surface area contributed by atoms with Gasteiger partial charge in [0.05, 0.1) is 12.7 Å². The molecule has 5 nitrogen and oxygen atoms in total. The number of aliphatic hydroxyl groups excluding tert-OH is 1. The first-order valence-electron chi connectivity index (χ1n) is 4.89. The fourth-order valence-electron chi connectivity index (χ4n) is 1.75. The van der Waals surface area contributed by atoms with Crippen LogP contribution in [0, 0.1) is 0 Å². The Bertz CT molecular complexity index is 311. The van der Waals surface area contributed by atoms with Gasteiger partial charge in [-0.15, -0.1) is 10.2 Å². The Morgan fingerprint density at radius 3 is 3.21 bits per heavy atom. The molecule has 2 heterocycles. The Morgan fingerprint density at radius 1 is 1.57 bits per heavy atom.